The Labute approximate surface area is 105 Å². The van der Waals surface area contributed by atoms with E-state index in [0.29, 0.717) is 0 Å². The van der Waals surface area contributed by atoms with E-state index in [1.165, 1.54) is 44.9 Å². The third kappa shape index (κ3) is 2.14. The summed E-state index contributed by atoms with van der Waals surface area (Å²) in [5.41, 5.74) is 6.68. The first-order valence-corrected chi connectivity index (χ1v) is 7.39. The monoisotopic (exact) mass is 228 g/mol. The molecular weight excluding hydrogens is 204 g/mol. The molecule has 0 heteroatoms. The number of fused-ring (bicyclic) bond motifs is 2. The molecule has 0 aromatic heterocycles. The average molecular weight is 228 g/mol. The Balaban J connectivity index is 1.93. The average Bonchev–Trinajstić information content (AvgIpc) is 2.35. The van der Waals surface area contributed by atoms with Crippen LogP contribution < -0.4 is 0 Å². The van der Waals surface area contributed by atoms with Crippen molar-refractivity contribution in [3.05, 3.63) is 34.4 Å². The van der Waals surface area contributed by atoms with Gasteiger partial charge in [0.05, 0.1) is 0 Å². The largest absolute Gasteiger partial charge is 0.0651 e. The van der Waals surface area contributed by atoms with Gasteiger partial charge in [-0.2, -0.15) is 0 Å². The first kappa shape index (κ1) is 11.3. The molecule has 0 saturated heterocycles. The molecule has 1 aromatic carbocycles. The fourth-order valence-corrected chi connectivity index (χ4v) is 3.64. The third-order valence-corrected chi connectivity index (χ3v) is 4.90. The number of hydrogen-bond acceptors (Lipinski definition) is 0. The van der Waals surface area contributed by atoms with E-state index in [1.807, 2.05) is 0 Å². The summed E-state index contributed by atoms with van der Waals surface area (Å²) in [7, 11) is 0. The maximum atomic E-state index is 2.56. The van der Waals surface area contributed by atoms with E-state index < -0.39 is 0 Å². The van der Waals surface area contributed by atoms with Crippen LogP contribution in [0.3, 0.4) is 0 Å². The Hall–Kier alpha value is -0.780. The minimum Gasteiger partial charge on any atom is -0.0651 e. The van der Waals surface area contributed by atoms with Crippen LogP contribution in [0.15, 0.2) is 12.1 Å². The van der Waals surface area contributed by atoms with Gasteiger partial charge in [0.1, 0.15) is 0 Å². The second kappa shape index (κ2) is 4.48. The Morgan fingerprint density at radius 1 is 0.941 bits per heavy atom. The zero-order valence-corrected chi connectivity index (χ0v) is 11.3. The highest BCUT2D eigenvalue weighted by atomic mass is 14.3. The van der Waals surface area contributed by atoms with Crippen molar-refractivity contribution in [1.29, 1.82) is 0 Å². The highest BCUT2D eigenvalue weighted by Gasteiger charge is 2.21. The highest BCUT2D eigenvalue weighted by Crippen LogP contribution is 2.33. The lowest BCUT2D eigenvalue weighted by Crippen LogP contribution is -2.17. The number of benzene rings is 1. The molecule has 3 rings (SSSR count). The molecule has 2 aliphatic carbocycles. The third-order valence-electron chi connectivity index (χ3n) is 4.90. The van der Waals surface area contributed by atoms with Crippen LogP contribution in [0, 0.1) is 11.8 Å². The predicted molar refractivity (Wildman–Crippen MR) is 73.4 cm³/mol. The van der Waals surface area contributed by atoms with Gasteiger partial charge in [-0.3, -0.25) is 0 Å². The van der Waals surface area contributed by atoms with E-state index in [0.717, 1.165) is 11.8 Å². The van der Waals surface area contributed by atoms with Gasteiger partial charge in [-0.1, -0.05) is 32.4 Å². The van der Waals surface area contributed by atoms with Crippen molar-refractivity contribution in [2.45, 2.75) is 58.8 Å². The van der Waals surface area contributed by atoms with Crippen molar-refractivity contribution in [2.24, 2.45) is 11.8 Å². The second-order valence-electron chi connectivity index (χ2n) is 6.25. The number of aryl methyl sites for hydroxylation is 2. The quantitative estimate of drug-likeness (QED) is 0.671. The van der Waals surface area contributed by atoms with Gasteiger partial charge in [-0.05, 0) is 72.6 Å². The van der Waals surface area contributed by atoms with E-state index in [1.54, 1.807) is 22.3 Å². The summed E-state index contributed by atoms with van der Waals surface area (Å²) in [5.74, 6) is 1.84. The molecule has 0 spiro atoms. The SMILES string of the molecule is CCC1CCc2cc3c(cc2C1)CC(C)CC3. The summed E-state index contributed by atoms with van der Waals surface area (Å²) in [6, 6.07) is 5.10. The van der Waals surface area contributed by atoms with Crippen molar-refractivity contribution < 1.29 is 0 Å². The molecule has 92 valence electrons. The Kier molecular flexibility index (Phi) is 2.98. The van der Waals surface area contributed by atoms with Crippen molar-refractivity contribution in [3.63, 3.8) is 0 Å². The Morgan fingerprint density at radius 2 is 1.59 bits per heavy atom. The Bertz CT molecular complexity index is 416. The molecule has 2 aliphatic rings. The van der Waals surface area contributed by atoms with Crippen LogP contribution in [-0.2, 0) is 25.7 Å². The molecule has 0 fully saturated rings. The molecule has 0 amide bonds. The molecule has 0 nitrogen and oxygen atoms in total. The van der Waals surface area contributed by atoms with Crippen LogP contribution in [0.25, 0.3) is 0 Å². The molecular formula is C17H24. The maximum Gasteiger partial charge on any atom is -0.0248 e. The zero-order valence-electron chi connectivity index (χ0n) is 11.3. The minimum absolute atomic E-state index is 0.895. The number of hydrogen-bond donors (Lipinski definition) is 0. The van der Waals surface area contributed by atoms with Gasteiger partial charge in [-0.25, -0.2) is 0 Å². The molecule has 0 saturated carbocycles. The van der Waals surface area contributed by atoms with Gasteiger partial charge < -0.3 is 0 Å². The van der Waals surface area contributed by atoms with Crippen molar-refractivity contribution in [3.8, 4) is 0 Å². The van der Waals surface area contributed by atoms with E-state index in [-0.39, 0.29) is 0 Å². The first-order valence-electron chi connectivity index (χ1n) is 7.39. The lowest BCUT2D eigenvalue weighted by molar-refractivity contribution is 0.442. The van der Waals surface area contributed by atoms with E-state index in [4.69, 9.17) is 0 Å². The van der Waals surface area contributed by atoms with Crippen LogP contribution in [-0.4, -0.2) is 0 Å². The van der Waals surface area contributed by atoms with E-state index in [2.05, 4.69) is 26.0 Å². The first-order chi connectivity index (χ1) is 8.26. The topological polar surface area (TPSA) is 0 Å². The molecule has 0 heterocycles. The molecule has 0 bridgehead atoms. The van der Waals surface area contributed by atoms with Gasteiger partial charge in [0.25, 0.3) is 0 Å². The predicted octanol–water partition coefficient (Wildman–Crippen LogP) is 4.33. The van der Waals surface area contributed by atoms with Crippen LogP contribution in [0.5, 0.6) is 0 Å². The summed E-state index contributed by atoms with van der Waals surface area (Å²) in [6.45, 7) is 4.74. The molecule has 2 unspecified atom stereocenters. The van der Waals surface area contributed by atoms with Crippen molar-refractivity contribution >= 4 is 0 Å². The lowest BCUT2D eigenvalue weighted by Gasteiger charge is -2.28. The van der Waals surface area contributed by atoms with Crippen LogP contribution >= 0.6 is 0 Å². The normalized spacial score (nSPS) is 27.4. The van der Waals surface area contributed by atoms with Gasteiger partial charge >= 0.3 is 0 Å². The fourth-order valence-electron chi connectivity index (χ4n) is 3.64. The molecule has 2 atom stereocenters. The van der Waals surface area contributed by atoms with Gasteiger partial charge in [0, 0.05) is 0 Å². The van der Waals surface area contributed by atoms with Gasteiger partial charge in [0.15, 0.2) is 0 Å². The lowest BCUT2D eigenvalue weighted by atomic mass is 9.77. The zero-order chi connectivity index (χ0) is 11.8. The summed E-state index contributed by atoms with van der Waals surface area (Å²) >= 11 is 0. The molecule has 0 radical (unpaired) electrons. The van der Waals surface area contributed by atoms with Crippen LogP contribution in [0.2, 0.25) is 0 Å². The standard InChI is InChI=1S/C17H24/c1-3-13-5-7-15-10-14-6-4-12(2)8-16(14)11-17(15)9-13/h10-13H,3-9H2,1-2H3. The summed E-state index contributed by atoms with van der Waals surface area (Å²) in [6.07, 6.45) is 9.47. The van der Waals surface area contributed by atoms with Gasteiger partial charge in [-0.15, -0.1) is 0 Å². The Morgan fingerprint density at radius 3 is 2.35 bits per heavy atom. The van der Waals surface area contributed by atoms with Crippen molar-refractivity contribution in [1.82, 2.24) is 0 Å². The highest BCUT2D eigenvalue weighted by molar-refractivity contribution is 5.41. The molecule has 17 heavy (non-hydrogen) atoms. The maximum absolute atomic E-state index is 2.56. The molecule has 0 N–H and O–H groups in total. The van der Waals surface area contributed by atoms with Crippen LogP contribution in [0.1, 0.15) is 55.4 Å². The van der Waals surface area contributed by atoms with Gasteiger partial charge in [0.2, 0.25) is 0 Å². The fraction of sp³-hybridized carbons (Fsp3) is 0.647. The van der Waals surface area contributed by atoms with Crippen molar-refractivity contribution in [2.75, 3.05) is 0 Å². The smallest absolute Gasteiger partial charge is 0.0248 e. The molecule has 1 aromatic rings. The van der Waals surface area contributed by atoms with E-state index >= 15 is 0 Å². The number of rotatable bonds is 1. The summed E-state index contributed by atoms with van der Waals surface area (Å²) in [5, 5.41) is 0. The second-order valence-corrected chi connectivity index (χ2v) is 6.25. The van der Waals surface area contributed by atoms with E-state index in [9.17, 15) is 0 Å². The van der Waals surface area contributed by atoms with Crippen LogP contribution in [0.4, 0.5) is 0 Å². The molecule has 0 aliphatic heterocycles. The summed E-state index contributed by atoms with van der Waals surface area (Å²) < 4.78 is 0. The summed E-state index contributed by atoms with van der Waals surface area (Å²) in [4.78, 5) is 0. The minimum atomic E-state index is 0.895.